The van der Waals surface area contributed by atoms with Crippen LogP contribution in [0.15, 0.2) is 57.8 Å². The number of amides is 1. The molecule has 9 heteroatoms. The molecule has 0 saturated heterocycles. The molecule has 1 amide bonds. The number of aryl methyl sites for hydroxylation is 1. The lowest BCUT2D eigenvalue weighted by atomic mass is 10.1. The summed E-state index contributed by atoms with van der Waals surface area (Å²) in [5.41, 5.74) is 1.28. The third-order valence-corrected chi connectivity index (χ3v) is 4.74. The molecule has 2 aromatic heterocycles. The van der Waals surface area contributed by atoms with Crippen LogP contribution in [-0.2, 0) is 11.3 Å². The summed E-state index contributed by atoms with van der Waals surface area (Å²) in [6, 6.07) is 14.0. The molecule has 4 aromatic rings. The van der Waals surface area contributed by atoms with E-state index in [1.807, 2.05) is 12.1 Å². The molecular weight excluding hydrogens is 408 g/mol. The van der Waals surface area contributed by atoms with Crippen molar-refractivity contribution < 1.29 is 14.1 Å². The van der Waals surface area contributed by atoms with Crippen LogP contribution in [0.3, 0.4) is 0 Å². The number of rotatable bonds is 5. The van der Waals surface area contributed by atoms with Gasteiger partial charge in [0.15, 0.2) is 5.52 Å². The number of anilines is 1. The molecule has 2 heterocycles. The lowest BCUT2D eigenvalue weighted by molar-refractivity contribution is -0.117. The van der Waals surface area contributed by atoms with E-state index in [4.69, 9.17) is 20.9 Å². The number of carbonyl (C=O) groups excluding carboxylic acids is 1. The molecule has 0 bridgehead atoms. The van der Waals surface area contributed by atoms with Crippen LogP contribution in [0.25, 0.3) is 22.2 Å². The second kappa shape index (κ2) is 8.00. The predicted molar refractivity (Wildman–Crippen MR) is 113 cm³/mol. The monoisotopic (exact) mass is 424 g/mol. The molecule has 1 N–H and O–H groups in total. The van der Waals surface area contributed by atoms with Crippen molar-refractivity contribution in [2.45, 2.75) is 13.5 Å². The topological polar surface area (TPSA) is 99.2 Å². The predicted octanol–water partition coefficient (Wildman–Crippen LogP) is 3.66. The summed E-state index contributed by atoms with van der Waals surface area (Å²) < 4.78 is 11.6. The lowest BCUT2D eigenvalue weighted by Gasteiger charge is -2.10. The fourth-order valence-electron chi connectivity index (χ4n) is 3.12. The third-order valence-electron chi connectivity index (χ3n) is 4.50. The van der Waals surface area contributed by atoms with Gasteiger partial charge in [-0.25, -0.2) is 4.68 Å². The van der Waals surface area contributed by atoms with Crippen LogP contribution in [0.4, 0.5) is 5.69 Å². The van der Waals surface area contributed by atoms with Crippen LogP contribution in [0, 0.1) is 6.92 Å². The molecule has 0 atom stereocenters. The number of ether oxygens (including phenoxy) is 1. The Hall–Kier alpha value is -3.65. The Morgan fingerprint density at radius 2 is 2.03 bits per heavy atom. The number of hydrogen-bond acceptors (Lipinski definition) is 6. The zero-order valence-electron chi connectivity index (χ0n) is 16.2. The average Bonchev–Trinajstić information content (AvgIpc) is 3.12. The van der Waals surface area contributed by atoms with Gasteiger partial charge in [-0.3, -0.25) is 9.59 Å². The van der Waals surface area contributed by atoms with Crippen LogP contribution < -0.4 is 15.6 Å². The summed E-state index contributed by atoms with van der Waals surface area (Å²) in [5.74, 6) is 0.666. The molecule has 4 rings (SSSR count). The van der Waals surface area contributed by atoms with Crippen LogP contribution in [0.1, 0.15) is 5.76 Å². The van der Waals surface area contributed by atoms with Crippen LogP contribution in [0.2, 0.25) is 5.02 Å². The maximum atomic E-state index is 12.8. The maximum Gasteiger partial charge on any atom is 0.297 e. The first-order valence-corrected chi connectivity index (χ1v) is 9.41. The fourth-order valence-corrected chi connectivity index (χ4v) is 3.31. The van der Waals surface area contributed by atoms with Gasteiger partial charge in [-0.05, 0) is 37.3 Å². The summed E-state index contributed by atoms with van der Waals surface area (Å²) in [4.78, 5) is 25.4. The summed E-state index contributed by atoms with van der Waals surface area (Å²) in [5, 5.41) is 12.0. The summed E-state index contributed by atoms with van der Waals surface area (Å²) >= 11 is 5.95. The van der Waals surface area contributed by atoms with E-state index in [9.17, 15) is 9.59 Å². The van der Waals surface area contributed by atoms with E-state index >= 15 is 0 Å². The van der Waals surface area contributed by atoms with E-state index in [0.717, 1.165) is 4.68 Å². The number of benzene rings is 2. The fraction of sp³-hybridized carbons (Fsp3) is 0.143. The molecule has 0 fully saturated rings. The number of hydrogen-bond donors (Lipinski definition) is 1. The Labute approximate surface area is 176 Å². The number of fused-ring (bicyclic) bond motifs is 1. The minimum Gasteiger partial charge on any atom is -0.497 e. The van der Waals surface area contributed by atoms with Crippen LogP contribution in [-0.4, -0.2) is 28.0 Å². The first kappa shape index (κ1) is 19.7. The van der Waals surface area contributed by atoms with Crippen molar-refractivity contribution in [2.75, 3.05) is 12.4 Å². The SMILES string of the molecule is COc1cccc(-c2nn(CC(=O)Nc3cccc(Cl)c3)c(=O)c3noc(C)c23)c1. The average molecular weight is 425 g/mol. The van der Waals surface area contributed by atoms with Gasteiger partial charge in [0.25, 0.3) is 5.56 Å². The smallest absolute Gasteiger partial charge is 0.297 e. The Bertz CT molecular complexity index is 1310. The highest BCUT2D eigenvalue weighted by molar-refractivity contribution is 6.30. The summed E-state index contributed by atoms with van der Waals surface area (Å²) in [7, 11) is 1.56. The molecule has 8 nitrogen and oxygen atoms in total. The molecule has 0 spiro atoms. The highest BCUT2D eigenvalue weighted by Gasteiger charge is 2.20. The van der Waals surface area contributed by atoms with E-state index in [1.165, 1.54) is 0 Å². The van der Waals surface area contributed by atoms with Crippen molar-refractivity contribution in [2.24, 2.45) is 0 Å². The van der Waals surface area contributed by atoms with Crippen molar-refractivity contribution in [1.82, 2.24) is 14.9 Å². The number of aromatic nitrogens is 3. The quantitative estimate of drug-likeness (QED) is 0.525. The van der Waals surface area contributed by atoms with Crippen molar-refractivity contribution in [1.29, 1.82) is 0 Å². The Kier molecular flexibility index (Phi) is 5.24. The molecule has 2 aromatic carbocycles. The first-order chi connectivity index (χ1) is 14.5. The van der Waals surface area contributed by atoms with Crippen LogP contribution >= 0.6 is 11.6 Å². The van der Waals surface area contributed by atoms with E-state index in [2.05, 4.69) is 15.6 Å². The Morgan fingerprint density at radius 1 is 1.23 bits per heavy atom. The van der Waals surface area contributed by atoms with Gasteiger partial charge in [0.05, 0.1) is 12.5 Å². The number of nitrogens with zero attached hydrogens (tertiary/aromatic N) is 3. The van der Waals surface area contributed by atoms with Crippen molar-refractivity contribution in [3.05, 3.63) is 69.7 Å². The van der Waals surface area contributed by atoms with E-state index in [1.54, 1.807) is 50.4 Å². The third kappa shape index (κ3) is 3.77. The van der Waals surface area contributed by atoms with E-state index < -0.39 is 11.5 Å². The molecular formula is C21H17ClN4O4. The van der Waals surface area contributed by atoms with Crippen molar-refractivity contribution in [3.8, 4) is 17.0 Å². The normalized spacial score (nSPS) is 10.9. The molecule has 0 saturated carbocycles. The van der Waals surface area contributed by atoms with E-state index in [0.29, 0.717) is 38.9 Å². The van der Waals surface area contributed by atoms with Crippen molar-refractivity contribution >= 4 is 34.1 Å². The van der Waals surface area contributed by atoms with Crippen LogP contribution in [0.5, 0.6) is 5.75 Å². The van der Waals surface area contributed by atoms with Gasteiger partial charge in [0.2, 0.25) is 5.91 Å². The van der Waals surface area contributed by atoms with Gasteiger partial charge in [-0.1, -0.05) is 35.0 Å². The molecule has 0 aliphatic heterocycles. The number of methoxy groups -OCH3 is 1. The zero-order chi connectivity index (χ0) is 21.3. The highest BCUT2D eigenvalue weighted by atomic mass is 35.5. The second-order valence-corrected chi connectivity index (χ2v) is 7.00. The van der Waals surface area contributed by atoms with Gasteiger partial charge < -0.3 is 14.6 Å². The Morgan fingerprint density at radius 3 is 2.80 bits per heavy atom. The first-order valence-electron chi connectivity index (χ1n) is 9.03. The standard InChI is InChI=1S/C21H17ClN4O4/c1-12-18-19(13-5-3-8-16(9-13)29-2)24-26(21(28)20(18)25-30-12)11-17(27)23-15-7-4-6-14(22)10-15/h3-10H,11H2,1-2H3,(H,23,27). The second-order valence-electron chi connectivity index (χ2n) is 6.56. The van der Waals surface area contributed by atoms with Gasteiger partial charge in [0, 0.05) is 16.3 Å². The molecule has 30 heavy (non-hydrogen) atoms. The molecule has 0 aliphatic rings. The molecule has 0 radical (unpaired) electrons. The minimum absolute atomic E-state index is 0.107. The number of halogens is 1. The highest BCUT2D eigenvalue weighted by Crippen LogP contribution is 2.29. The molecule has 0 aliphatic carbocycles. The van der Waals surface area contributed by atoms with Crippen molar-refractivity contribution in [3.63, 3.8) is 0 Å². The minimum atomic E-state index is -0.519. The maximum absolute atomic E-state index is 12.8. The summed E-state index contributed by atoms with van der Waals surface area (Å²) in [6.45, 7) is 1.40. The number of nitrogens with one attached hydrogen (secondary N) is 1. The van der Waals surface area contributed by atoms with Gasteiger partial charge in [0.1, 0.15) is 23.7 Å². The molecule has 152 valence electrons. The zero-order valence-corrected chi connectivity index (χ0v) is 16.9. The summed E-state index contributed by atoms with van der Waals surface area (Å²) in [6.07, 6.45) is 0. The van der Waals surface area contributed by atoms with Gasteiger partial charge in [-0.2, -0.15) is 5.10 Å². The largest absolute Gasteiger partial charge is 0.497 e. The van der Waals surface area contributed by atoms with E-state index in [-0.39, 0.29) is 12.1 Å². The Balaban J connectivity index is 1.76. The lowest BCUT2D eigenvalue weighted by Crippen LogP contribution is -2.30. The molecule has 0 unspecified atom stereocenters. The van der Waals surface area contributed by atoms with Gasteiger partial charge in [-0.15, -0.1) is 0 Å². The van der Waals surface area contributed by atoms with Gasteiger partial charge >= 0.3 is 0 Å². The number of carbonyl (C=O) groups is 1.